The highest BCUT2D eigenvalue weighted by molar-refractivity contribution is 7.89. The highest BCUT2D eigenvalue weighted by Gasteiger charge is 2.13. The molecule has 24 heavy (non-hydrogen) atoms. The van der Waals surface area contributed by atoms with Crippen LogP contribution >= 0.6 is 0 Å². The van der Waals surface area contributed by atoms with E-state index in [1.807, 2.05) is 6.92 Å². The minimum Gasteiger partial charge on any atom is -0.481 e. The number of nitrogens with zero attached hydrogens (tertiary/aromatic N) is 2. The number of nitrogens with one attached hydrogen (secondary N) is 1. The van der Waals surface area contributed by atoms with Gasteiger partial charge in [-0.3, -0.25) is 0 Å². The lowest BCUT2D eigenvalue weighted by Crippen LogP contribution is -2.20. The van der Waals surface area contributed by atoms with Crippen LogP contribution in [-0.2, 0) is 10.0 Å². The maximum Gasteiger partial charge on any atom is 0.276 e. The fourth-order valence-corrected chi connectivity index (χ4v) is 2.72. The molecule has 0 aliphatic heterocycles. The molecule has 128 valence electrons. The predicted octanol–water partition coefficient (Wildman–Crippen LogP) is 2.11. The third kappa shape index (κ3) is 4.23. The predicted molar refractivity (Wildman–Crippen MR) is 91.1 cm³/mol. The molecular weight excluding hydrogens is 330 g/mol. The minimum absolute atomic E-state index is 0.148. The van der Waals surface area contributed by atoms with Gasteiger partial charge in [-0.25, -0.2) is 0 Å². The summed E-state index contributed by atoms with van der Waals surface area (Å²) in [5, 5.41) is 3.96. The molecule has 2 aromatic rings. The Morgan fingerprint density at radius 1 is 1.08 bits per heavy atom. The van der Waals surface area contributed by atoms with Crippen LogP contribution in [0.2, 0.25) is 0 Å². The largest absolute Gasteiger partial charge is 0.481 e. The first kappa shape index (κ1) is 17.7. The smallest absolute Gasteiger partial charge is 0.276 e. The van der Waals surface area contributed by atoms with Crippen LogP contribution < -0.4 is 14.3 Å². The van der Waals surface area contributed by atoms with E-state index in [1.165, 1.54) is 26.4 Å². The number of aromatic nitrogens is 1. The molecule has 2 rings (SSSR count). The fraction of sp³-hybridized carbons (Fsp3) is 0.250. The average molecular weight is 349 g/mol. The van der Waals surface area contributed by atoms with Gasteiger partial charge in [0.15, 0.2) is 0 Å². The summed E-state index contributed by atoms with van der Waals surface area (Å²) in [4.78, 5) is 6.45. The van der Waals surface area contributed by atoms with E-state index < -0.39 is 10.0 Å². The van der Waals surface area contributed by atoms with Crippen molar-refractivity contribution >= 4 is 15.7 Å². The maximum absolute atomic E-state index is 12.2. The second-order valence-electron chi connectivity index (χ2n) is 5.05. The van der Waals surface area contributed by atoms with Crippen LogP contribution in [0.15, 0.2) is 46.4 Å². The number of hydrazone groups is 1. The molecule has 1 N–H and O–H groups in total. The molecule has 0 unspecified atom stereocenters. The number of ether oxygens (including phenoxy) is 2. The van der Waals surface area contributed by atoms with Crippen LogP contribution in [-0.4, -0.2) is 33.3 Å². The van der Waals surface area contributed by atoms with E-state index in [1.54, 1.807) is 31.2 Å². The first-order valence-electron chi connectivity index (χ1n) is 7.09. The van der Waals surface area contributed by atoms with Crippen molar-refractivity contribution in [2.75, 3.05) is 14.2 Å². The van der Waals surface area contributed by atoms with Gasteiger partial charge in [-0.05, 0) is 26.0 Å². The number of methoxy groups -OCH3 is 2. The van der Waals surface area contributed by atoms with Crippen molar-refractivity contribution < 1.29 is 17.9 Å². The summed E-state index contributed by atoms with van der Waals surface area (Å²) in [5.74, 6) is 0.695. The molecule has 7 nitrogen and oxygen atoms in total. The molecule has 8 heteroatoms. The van der Waals surface area contributed by atoms with Gasteiger partial charge < -0.3 is 9.47 Å². The fourth-order valence-electron chi connectivity index (χ4n) is 1.86. The van der Waals surface area contributed by atoms with Gasteiger partial charge in [-0.1, -0.05) is 17.7 Å². The second kappa shape index (κ2) is 7.31. The SMILES string of the molecule is COc1cc(/C(C)=N\NS(=O)(=O)c2ccc(C)cc2)cc(OC)n1. The Labute approximate surface area is 141 Å². The Hall–Kier alpha value is -2.61. The topological polar surface area (TPSA) is 89.9 Å². The van der Waals surface area contributed by atoms with Crippen LogP contribution in [0.25, 0.3) is 0 Å². The lowest BCUT2D eigenvalue weighted by atomic mass is 10.2. The Morgan fingerprint density at radius 2 is 1.62 bits per heavy atom. The van der Waals surface area contributed by atoms with Gasteiger partial charge in [0.2, 0.25) is 11.8 Å². The zero-order valence-corrected chi connectivity index (χ0v) is 14.7. The molecule has 1 aromatic heterocycles. The van der Waals surface area contributed by atoms with E-state index in [0.29, 0.717) is 23.0 Å². The Bertz CT molecular complexity index is 824. The zero-order chi connectivity index (χ0) is 17.7. The highest BCUT2D eigenvalue weighted by atomic mass is 32.2. The van der Waals surface area contributed by atoms with Crippen molar-refractivity contribution in [3.8, 4) is 11.8 Å². The van der Waals surface area contributed by atoms with Gasteiger partial charge in [0, 0.05) is 17.7 Å². The summed E-state index contributed by atoms with van der Waals surface area (Å²) in [7, 11) is -0.759. The molecule has 0 spiro atoms. The van der Waals surface area contributed by atoms with E-state index >= 15 is 0 Å². The molecule has 0 atom stereocenters. The van der Waals surface area contributed by atoms with Gasteiger partial charge in [-0.2, -0.15) is 23.3 Å². The maximum atomic E-state index is 12.2. The van der Waals surface area contributed by atoms with Crippen molar-refractivity contribution in [3.05, 3.63) is 47.5 Å². The van der Waals surface area contributed by atoms with E-state index in [9.17, 15) is 8.42 Å². The van der Waals surface area contributed by atoms with Crippen LogP contribution in [0.1, 0.15) is 18.1 Å². The number of hydrogen-bond acceptors (Lipinski definition) is 6. The van der Waals surface area contributed by atoms with Gasteiger partial charge in [0.1, 0.15) is 0 Å². The lowest BCUT2D eigenvalue weighted by Gasteiger charge is -2.08. The van der Waals surface area contributed by atoms with E-state index in [2.05, 4.69) is 14.9 Å². The average Bonchev–Trinajstić information content (AvgIpc) is 2.59. The third-order valence-corrected chi connectivity index (χ3v) is 4.50. The Balaban J connectivity index is 2.26. The molecule has 1 aromatic carbocycles. The van der Waals surface area contributed by atoms with Crippen molar-refractivity contribution in [1.29, 1.82) is 0 Å². The molecular formula is C16H19N3O4S. The van der Waals surface area contributed by atoms with Crippen molar-refractivity contribution in [1.82, 2.24) is 9.82 Å². The third-order valence-electron chi connectivity index (χ3n) is 3.28. The molecule has 0 aliphatic carbocycles. The van der Waals surface area contributed by atoms with E-state index in [0.717, 1.165) is 5.56 Å². The summed E-state index contributed by atoms with van der Waals surface area (Å²) in [6.45, 7) is 3.56. The van der Waals surface area contributed by atoms with Crippen LogP contribution in [0.5, 0.6) is 11.8 Å². The normalized spacial score (nSPS) is 11.9. The second-order valence-corrected chi connectivity index (χ2v) is 6.71. The summed E-state index contributed by atoms with van der Waals surface area (Å²) in [5.41, 5.74) is 2.06. The van der Waals surface area contributed by atoms with Crippen molar-refractivity contribution in [2.24, 2.45) is 5.10 Å². The molecule has 0 bridgehead atoms. The minimum atomic E-state index is -3.73. The molecule has 0 aliphatic rings. The quantitative estimate of drug-likeness (QED) is 0.637. The van der Waals surface area contributed by atoms with Crippen LogP contribution in [0, 0.1) is 6.92 Å². The van der Waals surface area contributed by atoms with Gasteiger partial charge in [0.05, 0.1) is 24.8 Å². The number of pyridine rings is 1. The lowest BCUT2D eigenvalue weighted by molar-refractivity contribution is 0.364. The van der Waals surface area contributed by atoms with Crippen LogP contribution in [0.3, 0.4) is 0 Å². The summed E-state index contributed by atoms with van der Waals surface area (Å²) in [6.07, 6.45) is 0. The van der Waals surface area contributed by atoms with Crippen LogP contribution in [0.4, 0.5) is 0 Å². The summed E-state index contributed by atoms with van der Waals surface area (Å²) >= 11 is 0. The number of aryl methyl sites for hydroxylation is 1. The number of hydrogen-bond donors (Lipinski definition) is 1. The number of benzene rings is 1. The van der Waals surface area contributed by atoms with E-state index in [4.69, 9.17) is 9.47 Å². The molecule has 0 saturated carbocycles. The summed E-state index contributed by atoms with van der Waals surface area (Å²) in [6, 6.07) is 9.79. The monoisotopic (exact) mass is 349 g/mol. The number of rotatable bonds is 6. The van der Waals surface area contributed by atoms with E-state index in [-0.39, 0.29) is 4.90 Å². The van der Waals surface area contributed by atoms with Gasteiger partial charge in [0.25, 0.3) is 10.0 Å². The summed E-state index contributed by atoms with van der Waals surface area (Å²) < 4.78 is 34.7. The zero-order valence-electron chi connectivity index (χ0n) is 13.9. The molecule has 0 fully saturated rings. The van der Waals surface area contributed by atoms with Crippen molar-refractivity contribution in [2.45, 2.75) is 18.7 Å². The van der Waals surface area contributed by atoms with Gasteiger partial charge >= 0.3 is 0 Å². The standard InChI is InChI=1S/C16H19N3O4S/c1-11-5-7-14(8-6-11)24(20,21)19-18-12(2)13-9-15(22-3)17-16(10-13)23-4/h5-10,19H,1-4H3/b18-12-. The molecule has 0 radical (unpaired) electrons. The first-order valence-corrected chi connectivity index (χ1v) is 8.57. The Kier molecular flexibility index (Phi) is 5.40. The highest BCUT2D eigenvalue weighted by Crippen LogP contribution is 2.18. The number of sulfonamides is 1. The molecule has 1 heterocycles. The molecule has 0 saturated heterocycles. The van der Waals surface area contributed by atoms with Gasteiger partial charge in [-0.15, -0.1) is 0 Å². The van der Waals surface area contributed by atoms with Crippen molar-refractivity contribution in [3.63, 3.8) is 0 Å². The first-order chi connectivity index (χ1) is 11.4. The Morgan fingerprint density at radius 3 is 2.12 bits per heavy atom. The molecule has 0 amide bonds.